The summed E-state index contributed by atoms with van der Waals surface area (Å²) in [6.07, 6.45) is 0. The van der Waals surface area contributed by atoms with Gasteiger partial charge in [-0.25, -0.2) is 0 Å². The van der Waals surface area contributed by atoms with E-state index in [9.17, 15) is 0 Å². The number of aromatic hydroxyl groups is 1. The molecule has 10 heavy (non-hydrogen) atoms. The van der Waals surface area contributed by atoms with Gasteiger partial charge in [-0.15, -0.1) is 12.1 Å². The van der Waals surface area contributed by atoms with Crippen LogP contribution in [0, 0.1) is 19.9 Å². The van der Waals surface area contributed by atoms with Gasteiger partial charge in [0.15, 0.2) is 0 Å². The molecule has 1 aromatic rings. The van der Waals surface area contributed by atoms with Gasteiger partial charge in [-0.2, -0.15) is 17.2 Å². The Morgan fingerprint density at radius 1 is 1.20 bits per heavy atom. The van der Waals surface area contributed by atoms with E-state index in [0.29, 0.717) is 5.75 Å². The third-order valence-electron chi connectivity index (χ3n) is 1.12. The van der Waals surface area contributed by atoms with Crippen LogP contribution in [-0.4, -0.2) is 5.11 Å². The van der Waals surface area contributed by atoms with Crippen molar-refractivity contribution in [2.24, 2.45) is 0 Å². The normalized spacial score (nSPS) is 8.60. The zero-order valence-electron chi connectivity index (χ0n) is 6.18. The summed E-state index contributed by atoms with van der Waals surface area (Å²) in [6.45, 7) is 3.82. The third-order valence-corrected chi connectivity index (χ3v) is 1.12. The second-order valence-corrected chi connectivity index (χ2v) is 2.20. The topological polar surface area (TPSA) is 20.2 Å². The first-order valence-electron chi connectivity index (χ1n) is 2.88. The van der Waals surface area contributed by atoms with Crippen LogP contribution in [0.4, 0.5) is 0 Å². The van der Waals surface area contributed by atoms with Crippen molar-refractivity contribution in [1.82, 2.24) is 0 Å². The average molecular weight is 210 g/mol. The molecule has 0 aliphatic heterocycles. The van der Waals surface area contributed by atoms with Crippen LogP contribution in [0.15, 0.2) is 12.1 Å². The maximum absolute atomic E-state index is 8.97. The smallest absolute Gasteiger partial charge is 0.533 e. The molecular formula is C8H9OY+2. The Labute approximate surface area is 86.3 Å². The summed E-state index contributed by atoms with van der Waals surface area (Å²) in [7, 11) is 0. The first kappa shape index (κ1) is 10.1. The van der Waals surface area contributed by atoms with E-state index in [4.69, 9.17) is 5.11 Å². The molecule has 0 amide bonds. The van der Waals surface area contributed by atoms with Crippen molar-refractivity contribution in [2.45, 2.75) is 13.8 Å². The van der Waals surface area contributed by atoms with Crippen molar-refractivity contribution in [1.29, 1.82) is 0 Å². The molecule has 0 heterocycles. The molecule has 0 saturated carbocycles. The van der Waals surface area contributed by atoms with Crippen LogP contribution in [0.5, 0.6) is 5.75 Å². The van der Waals surface area contributed by atoms with Gasteiger partial charge in [0.25, 0.3) is 0 Å². The van der Waals surface area contributed by atoms with E-state index in [1.54, 1.807) is 12.1 Å². The van der Waals surface area contributed by atoms with Gasteiger partial charge in [0.1, 0.15) is 0 Å². The van der Waals surface area contributed by atoms with Crippen LogP contribution in [0.25, 0.3) is 0 Å². The average Bonchev–Trinajstić information content (AvgIpc) is 1.59. The number of hydrogen-bond donors (Lipinski definition) is 1. The minimum Gasteiger partial charge on any atom is -0.533 e. The second-order valence-electron chi connectivity index (χ2n) is 2.20. The Kier molecular flexibility index (Phi) is 4.15. The summed E-state index contributed by atoms with van der Waals surface area (Å²) in [5.74, 6) is 0.323. The minimum absolute atomic E-state index is 0. The molecule has 2 heteroatoms. The molecule has 0 aliphatic carbocycles. The molecular weight excluding hydrogens is 201 g/mol. The first-order valence-corrected chi connectivity index (χ1v) is 2.88. The standard InChI is InChI=1S/C8H9O.Y/c1-6-3-7(2)5-8(9)4-6;/h4-5,9H,1-2H3;/q-1;+3. The van der Waals surface area contributed by atoms with Crippen molar-refractivity contribution in [3.63, 3.8) is 0 Å². The molecule has 48 valence electrons. The van der Waals surface area contributed by atoms with Gasteiger partial charge in [-0.1, -0.05) is 13.8 Å². The molecule has 0 spiro atoms. The Hall–Kier alpha value is 0.124. The molecule has 0 aliphatic rings. The summed E-state index contributed by atoms with van der Waals surface area (Å²) < 4.78 is 0. The quantitative estimate of drug-likeness (QED) is 0.647. The van der Waals surface area contributed by atoms with Crippen molar-refractivity contribution in [3.05, 3.63) is 29.3 Å². The maximum atomic E-state index is 8.97. The van der Waals surface area contributed by atoms with Gasteiger partial charge in [0.2, 0.25) is 0 Å². The van der Waals surface area contributed by atoms with Crippen LogP contribution >= 0.6 is 0 Å². The van der Waals surface area contributed by atoms with E-state index >= 15 is 0 Å². The van der Waals surface area contributed by atoms with Gasteiger partial charge >= 0.3 is 32.7 Å². The third kappa shape index (κ3) is 2.80. The monoisotopic (exact) mass is 210 g/mol. The number of rotatable bonds is 0. The zero-order valence-corrected chi connectivity index (χ0v) is 9.02. The molecule has 0 atom stereocenters. The zero-order chi connectivity index (χ0) is 6.85. The van der Waals surface area contributed by atoms with Gasteiger partial charge < -0.3 is 5.11 Å². The summed E-state index contributed by atoms with van der Waals surface area (Å²) in [5.41, 5.74) is 1.96. The molecule has 1 rings (SSSR count). The van der Waals surface area contributed by atoms with Crippen LogP contribution < -0.4 is 0 Å². The molecule has 0 radical (unpaired) electrons. The van der Waals surface area contributed by atoms with Crippen LogP contribution in [-0.2, 0) is 32.7 Å². The first-order chi connectivity index (χ1) is 4.18. The molecule has 0 fully saturated rings. The fourth-order valence-corrected chi connectivity index (χ4v) is 0.868. The summed E-state index contributed by atoms with van der Waals surface area (Å²) in [5, 5.41) is 8.97. The number of hydrogen-bond acceptors (Lipinski definition) is 1. The van der Waals surface area contributed by atoms with E-state index in [2.05, 4.69) is 6.07 Å². The molecule has 0 unspecified atom stereocenters. The number of benzene rings is 1. The Balaban J connectivity index is 0.000000810. The van der Waals surface area contributed by atoms with E-state index in [1.165, 1.54) is 0 Å². The van der Waals surface area contributed by atoms with Crippen molar-refractivity contribution in [3.8, 4) is 5.75 Å². The number of aryl methyl sites for hydroxylation is 2. The molecule has 0 saturated heterocycles. The number of phenolic OH excluding ortho intramolecular Hbond substituents is 1. The van der Waals surface area contributed by atoms with Crippen LogP contribution in [0.1, 0.15) is 11.1 Å². The second kappa shape index (κ2) is 4.10. The predicted octanol–water partition coefficient (Wildman–Crippen LogP) is 1.81. The molecule has 0 aromatic heterocycles. The van der Waals surface area contributed by atoms with Crippen molar-refractivity contribution in [2.75, 3.05) is 0 Å². The van der Waals surface area contributed by atoms with Crippen molar-refractivity contribution >= 4 is 0 Å². The van der Waals surface area contributed by atoms with Gasteiger partial charge in [-0.3, -0.25) is 0 Å². The summed E-state index contributed by atoms with van der Waals surface area (Å²) in [6, 6.07) is 6.43. The van der Waals surface area contributed by atoms with Crippen molar-refractivity contribution < 1.29 is 37.8 Å². The fraction of sp³-hybridized carbons (Fsp3) is 0.250. The Morgan fingerprint density at radius 2 is 1.60 bits per heavy atom. The fourth-order valence-electron chi connectivity index (χ4n) is 0.868. The summed E-state index contributed by atoms with van der Waals surface area (Å²) in [4.78, 5) is 0. The Bertz CT molecular complexity index is 170. The maximum Gasteiger partial charge on any atom is 3.00 e. The predicted molar refractivity (Wildman–Crippen MR) is 36.4 cm³/mol. The Morgan fingerprint density at radius 3 is 1.90 bits per heavy atom. The van der Waals surface area contributed by atoms with Gasteiger partial charge in [0.05, 0.1) is 0 Å². The summed E-state index contributed by atoms with van der Waals surface area (Å²) >= 11 is 0. The van der Waals surface area contributed by atoms with Gasteiger partial charge in [0, 0.05) is 5.75 Å². The van der Waals surface area contributed by atoms with Gasteiger partial charge in [-0.05, 0) is 0 Å². The SMILES string of the molecule is Cc1[c-]c(C)cc(O)c1.[Y+3]. The minimum atomic E-state index is 0. The van der Waals surface area contributed by atoms with E-state index in [1.807, 2.05) is 13.8 Å². The molecule has 1 aromatic carbocycles. The van der Waals surface area contributed by atoms with Crippen LogP contribution in [0.2, 0.25) is 0 Å². The molecule has 1 nitrogen and oxygen atoms in total. The van der Waals surface area contributed by atoms with E-state index < -0.39 is 0 Å². The van der Waals surface area contributed by atoms with E-state index in [-0.39, 0.29) is 32.7 Å². The van der Waals surface area contributed by atoms with E-state index in [0.717, 1.165) is 11.1 Å². The molecule has 1 N–H and O–H groups in total. The molecule has 0 bridgehead atoms. The van der Waals surface area contributed by atoms with Crippen LogP contribution in [0.3, 0.4) is 0 Å². The number of phenols is 1. The largest absolute Gasteiger partial charge is 3.00 e.